The fourth-order valence-electron chi connectivity index (χ4n) is 4.00. The van der Waals surface area contributed by atoms with E-state index in [4.69, 9.17) is 0 Å². The normalized spacial score (nSPS) is 23.2. The standard InChI is InChI=1S/C22H21FN4O4/c1-13-11-18(28)24-16-5-3-4-6-17(16)27(13)19(29)12-26-20(30)22(2,25-21(26)31)14-7-9-15(23)10-8-14/h3-10,13H,11-12H2,1-2H3,(H,24,28)(H,25,31). The molecule has 160 valence electrons. The lowest BCUT2D eigenvalue weighted by Crippen LogP contribution is -2.47. The summed E-state index contributed by atoms with van der Waals surface area (Å²) < 4.78 is 13.3. The van der Waals surface area contributed by atoms with Crippen LogP contribution in [0.25, 0.3) is 0 Å². The van der Waals surface area contributed by atoms with E-state index in [0.29, 0.717) is 16.9 Å². The molecule has 2 unspecified atom stereocenters. The van der Waals surface area contributed by atoms with Gasteiger partial charge >= 0.3 is 6.03 Å². The highest BCUT2D eigenvalue weighted by Gasteiger charge is 2.50. The first-order valence-electron chi connectivity index (χ1n) is 9.82. The average Bonchev–Trinajstić information content (AvgIpc) is 2.85. The third kappa shape index (κ3) is 3.52. The second-order valence-electron chi connectivity index (χ2n) is 7.84. The van der Waals surface area contributed by atoms with Crippen molar-refractivity contribution >= 4 is 35.1 Å². The molecule has 4 rings (SSSR count). The number of amides is 5. The Hall–Kier alpha value is -3.75. The lowest BCUT2D eigenvalue weighted by molar-refractivity contribution is -0.134. The van der Waals surface area contributed by atoms with Crippen molar-refractivity contribution in [2.75, 3.05) is 16.8 Å². The van der Waals surface area contributed by atoms with E-state index in [1.807, 2.05) is 0 Å². The van der Waals surface area contributed by atoms with Crippen LogP contribution < -0.4 is 15.5 Å². The van der Waals surface area contributed by atoms with Crippen molar-refractivity contribution in [1.29, 1.82) is 0 Å². The molecule has 0 spiro atoms. The monoisotopic (exact) mass is 424 g/mol. The van der Waals surface area contributed by atoms with Gasteiger partial charge in [0.15, 0.2) is 0 Å². The maximum Gasteiger partial charge on any atom is 0.325 e. The van der Waals surface area contributed by atoms with Gasteiger partial charge in [0.1, 0.15) is 17.9 Å². The number of imide groups is 1. The highest BCUT2D eigenvalue weighted by Crippen LogP contribution is 2.33. The number of rotatable bonds is 3. The number of hydrogen-bond donors (Lipinski definition) is 2. The summed E-state index contributed by atoms with van der Waals surface area (Å²) in [6.07, 6.45) is 0.0772. The molecular formula is C22H21FN4O4. The fourth-order valence-corrected chi connectivity index (χ4v) is 4.00. The Morgan fingerprint density at radius 2 is 1.81 bits per heavy atom. The number of hydrogen-bond acceptors (Lipinski definition) is 4. The number of nitrogens with zero attached hydrogens (tertiary/aromatic N) is 2. The zero-order valence-electron chi connectivity index (χ0n) is 17.0. The molecule has 2 N–H and O–H groups in total. The molecule has 2 aliphatic heterocycles. The number of para-hydroxylation sites is 2. The Kier molecular flexibility index (Phi) is 4.96. The van der Waals surface area contributed by atoms with Crippen molar-refractivity contribution < 1.29 is 23.6 Å². The summed E-state index contributed by atoms with van der Waals surface area (Å²) in [7, 11) is 0. The van der Waals surface area contributed by atoms with Crippen molar-refractivity contribution in [3.05, 3.63) is 59.9 Å². The summed E-state index contributed by atoms with van der Waals surface area (Å²) in [5.74, 6) is -1.80. The van der Waals surface area contributed by atoms with Crippen LogP contribution in [0.1, 0.15) is 25.8 Å². The fraction of sp³-hybridized carbons (Fsp3) is 0.273. The Labute approximate surface area is 178 Å². The van der Waals surface area contributed by atoms with Crippen LogP contribution in [0.15, 0.2) is 48.5 Å². The number of halogens is 1. The van der Waals surface area contributed by atoms with E-state index in [0.717, 1.165) is 4.90 Å². The van der Waals surface area contributed by atoms with Gasteiger partial charge in [0.2, 0.25) is 11.8 Å². The van der Waals surface area contributed by atoms with Crippen molar-refractivity contribution in [3.8, 4) is 0 Å². The summed E-state index contributed by atoms with van der Waals surface area (Å²) in [5.41, 5.74) is -0.0199. The smallest absolute Gasteiger partial charge is 0.324 e. The number of carbonyl (C=O) groups is 4. The van der Waals surface area contributed by atoms with Crippen LogP contribution in [0.3, 0.4) is 0 Å². The quantitative estimate of drug-likeness (QED) is 0.739. The Bertz CT molecular complexity index is 1090. The summed E-state index contributed by atoms with van der Waals surface area (Å²) in [4.78, 5) is 53.3. The Morgan fingerprint density at radius 1 is 1.13 bits per heavy atom. The molecule has 0 radical (unpaired) electrons. The maximum atomic E-state index is 13.3. The minimum atomic E-state index is -1.41. The van der Waals surface area contributed by atoms with Gasteiger partial charge < -0.3 is 15.5 Å². The van der Waals surface area contributed by atoms with Crippen molar-refractivity contribution in [2.45, 2.75) is 31.8 Å². The molecule has 1 fully saturated rings. The van der Waals surface area contributed by atoms with Crippen LogP contribution in [0, 0.1) is 5.82 Å². The molecule has 31 heavy (non-hydrogen) atoms. The number of anilines is 2. The van der Waals surface area contributed by atoms with Crippen LogP contribution >= 0.6 is 0 Å². The van der Waals surface area contributed by atoms with Gasteiger partial charge in [-0.2, -0.15) is 0 Å². The van der Waals surface area contributed by atoms with Gasteiger partial charge in [0.05, 0.1) is 11.4 Å². The van der Waals surface area contributed by atoms with Gasteiger partial charge in [-0.3, -0.25) is 19.3 Å². The Balaban J connectivity index is 1.61. The Morgan fingerprint density at radius 3 is 2.52 bits per heavy atom. The van der Waals surface area contributed by atoms with Crippen molar-refractivity contribution in [3.63, 3.8) is 0 Å². The molecule has 0 aliphatic carbocycles. The minimum absolute atomic E-state index is 0.0772. The lowest BCUT2D eigenvalue weighted by Gasteiger charge is -2.29. The van der Waals surface area contributed by atoms with Gasteiger partial charge in [-0.15, -0.1) is 0 Å². The molecule has 9 heteroatoms. The lowest BCUT2D eigenvalue weighted by atomic mass is 9.92. The molecule has 5 amide bonds. The second kappa shape index (κ2) is 7.50. The first-order chi connectivity index (χ1) is 14.7. The second-order valence-corrected chi connectivity index (χ2v) is 7.84. The van der Waals surface area contributed by atoms with E-state index in [-0.39, 0.29) is 12.3 Å². The number of nitrogens with one attached hydrogen (secondary N) is 2. The van der Waals surface area contributed by atoms with Gasteiger partial charge in [-0.1, -0.05) is 24.3 Å². The molecule has 2 heterocycles. The predicted molar refractivity (Wildman–Crippen MR) is 111 cm³/mol. The van der Waals surface area contributed by atoms with Gasteiger partial charge in [0.25, 0.3) is 5.91 Å². The highest BCUT2D eigenvalue weighted by atomic mass is 19.1. The highest BCUT2D eigenvalue weighted by molar-refractivity contribution is 6.12. The summed E-state index contributed by atoms with van der Waals surface area (Å²) in [5, 5.41) is 5.37. The summed E-state index contributed by atoms with van der Waals surface area (Å²) in [6, 6.07) is 10.9. The van der Waals surface area contributed by atoms with Crippen LogP contribution in [0.5, 0.6) is 0 Å². The summed E-state index contributed by atoms with van der Waals surface area (Å²) >= 11 is 0. The number of carbonyl (C=O) groups excluding carboxylic acids is 4. The topological polar surface area (TPSA) is 98.8 Å². The molecule has 2 aliphatic rings. The molecule has 0 bridgehead atoms. The van der Waals surface area contributed by atoms with E-state index < -0.39 is 41.8 Å². The molecule has 1 saturated heterocycles. The zero-order chi connectivity index (χ0) is 22.3. The van der Waals surface area contributed by atoms with E-state index >= 15 is 0 Å². The largest absolute Gasteiger partial charge is 0.325 e. The molecule has 2 atom stereocenters. The van der Waals surface area contributed by atoms with Crippen LogP contribution in [0.2, 0.25) is 0 Å². The molecule has 0 aromatic heterocycles. The van der Waals surface area contributed by atoms with Gasteiger partial charge in [-0.05, 0) is 43.7 Å². The summed E-state index contributed by atoms with van der Waals surface area (Å²) in [6.45, 7) is 2.75. The SMILES string of the molecule is CC1CC(=O)Nc2ccccc2N1C(=O)CN1C(=O)NC(C)(c2ccc(F)cc2)C1=O. The third-order valence-electron chi connectivity index (χ3n) is 5.62. The minimum Gasteiger partial charge on any atom is -0.324 e. The molecule has 0 saturated carbocycles. The molecule has 2 aromatic carbocycles. The first kappa shape index (κ1) is 20.5. The molecular weight excluding hydrogens is 403 g/mol. The van der Waals surface area contributed by atoms with Crippen LogP contribution in [-0.4, -0.2) is 41.2 Å². The molecule has 2 aromatic rings. The predicted octanol–water partition coefficient (Wildman–Crippen LogP) is 2.36. The third-order valence-corrected chi connectivity index (χ3v) is 5.62. The number of benzene rings is 2. The van der Waals surface area contributed by atoms with E-state index in [1.54, 1.807) is 31.2 Å². The molecule has 8 nitrogen and oxygen atoms in total. The van der Waals surface area contributed by atoms with Gasteiger partial charge in [-0.25, -0.2) is 9.18 Å². The van der Waals surface area contributed by atoms with E-state index in [1.165, 1.54) is 36.1 Å². The van der Waals surface area contributed by atoms with E-state index in [9.17, 15) is 23.6 Å². The average molecular weight is 424 g/mol. The number of urea groups is 1. The van der Waals surface area contributed by atoms with Crippen molar-refractivity contribution in [2.24, 2.45) is 0 Å². The van der Waals surface area contributed by atoms with E-state index in [2.05, 4.69) is 10.6 Å². The number of fused-ring (bicyclic) bond motifs is 1. The van der Waals surface area contributed by atoms with Crippen molar-refractivity contribution in [1.82, 2.24) is 10.2 Å². The van der Waals surface area contributed by atoms with Crippen LogP contribution in [0.4, 0.5) is 20.6 Å². The zero-order valence-corrected chi connectivity index (χ0v) is 17.0. The first-order valence-corrected chi connectivity index (χ1v) is 9.82. The van der Waals surface area contributed by atoms with Crippen LogP contribution in [-0.2, 0) is 19.9 Å². The maximum absolute atomic E-state index is 13.3. The van der Waals surface area contributed by atoms with Gasteiger partial charge in [0, 0.05) is 12.5 Å².